The summed E-state index contributed by atoms with van der Waals surface area (Å²) in [4.78, 5) is 3.25. The maximum absolute atomic E-state index is 3.76. The molecule has 2 rings (SSSR count). The number of thiophene rings is 1. The standard InChI is InChI=1S/C17H29NS/c1-5-11-18-14(9-10-17(2,3)4)16-12-13-7-6-8-15(13)19-16/h12,14,18H,5-11H2,1-4H3. The van der Waals surface area contributed by atoms with Gasteiger partial charge in [-0.25, -0.2) is 0 Å². The third-order valence-electron chi connectivity index (χ3n) is 3.93. The minimum absolute atomic E-state index is 0.437. The van der Waals surface area contributed by atoms with Crippen molar-refractivity contribution < 1.29 is 0 Å². The summed E-state index contributed by atoms with van der Waals surface area (Å²) in [7, 11) is 0. The van der Waals surface area contributed by atoms with Gasteiger partial charge in [-0.1, -0.05) is 27.7 Å². The summed E-state index contributed by atoms with van der Waals surface area (Å²) in [5, 5.41) is 3.76. The molecule has 0 fully saturated rings. The zero-order chi connectivity index (χ0) is 13.9. The Labute approximate surface area is 122 Å². The van der Waals surface area contributed by atoms with Gasteiger partial charge in [0.05, 0.1) is 0 Å². The van der Waals surface area contributed by atoms with Crippen LogP contribution in [-0.4, -0.2) is 6.54 Å². The highest BCUT2D eigenvalue weighted by Gasteiger charge is 2.21. The van der Waals surface area contributed by atoms with Crippen LogP contribution in [0.25, 0.3) is 0 Å². The van der Waals surface area contributed by atoms with Gasteiger partial charge >= 0.3 is 0 Å². The van der Waals surface area contributed by atoms with E-state index in [1.807, 2.05) is 0 Å². The van der Waals surface area contributed by atoms with Crippen molar-refractivity contribution in [3.05, 3.63) is 21.4 Å². The highest BCUT2D eigenvalue weighted by atomic mass is 32.1. The largest absolute Gasteiger partial charge is 0.309 e. The normalized spacial score (nSPS) is 16.6. The van der Waals surface area contributed by atoms with Crippen molar-refractivity contribution in [2.45, 2.75) is 72.3 Å². The Bertz CT molecular complexity index is 378. The minimum Gasteiger partial charge on any atom is -0.309 e. The first-order valence-corrected chi connectivity index (χ1v) is 8.66. The SMILES string of the molecule is CCCNC(CCC(C)(C)C)c1cc2c(s1)CCC2. The zero-order valence-corrected chi connectivity index (χ0v) is 13.8. The molecule has 1 atom stereocenters. The first-order chi connectivity index (χ1) is 8.99. The second-order valence-electron chi connectivity index (χ2n) is 7.06. The first kappa shape index (κ1) is 15.1. The fraction of sp³-hybridized carbons (Fsp3) is 0.765. The van der Waals surface area contributed by atoms with Crippen LogP contribution in [0.4, 0.5) is 0 Å². The summed E-state index contributed by atoms with van der Waals surface area (Å²) in [5.41, 5.74) is 2.07. The first-order valence-electron chi connectivity index (χ1n) is 7.84. The fourth-order valence-corrected chi connectivity index (χ4v) is 4.13. The van der Waals surface area contributed by atoms with Crippen LogP contribution >= 0.6 is 11.3 Å². The van der Waals surface area contributed by atoms with Crippen molar-refractivity contribution >= 4 is 11.3 Å². The van der Waals surface area contributed by atoms with E-state index in [0.29, 0.717) is 11.5 Å². The van der Waals surface area contributed by atoms with Gasteiger partial charge in [-0.15, -0.1) is 11.3 Å². The molecule has 19 heavy (non-hydrogen) atoms. The van der Waals surface area contributed by atoms with Crippen molar-refractivity contribution in [2.75, 3.05) is 6.54 Å². The minimum atomic E-state index is 0.437. The topological polar surface area (TPSA) is 12.0 Å². The number of aryl methyl sites for hydroxylation is 2. The number of hydrogen-bond donors (Lipinski definition) is 1. The van der Waals surface area contributed by atoms with Gasteiger partial charge in [-0.05, 0) is 62.1 Å². The third-order valence-corrected chi connectivity index (χ3v) is 5.28. The van der Waals surface area contributed by atoms with Crippen molar-refractivity contribution in [1.82, 2.24) is 5.32 Å². The van der Waals surface area contributed by atoms with Gasteiger partial charge in [-0.2, -0.15) is 0 Å². The molecule has 0 saturated carbocycles. The second-order valence-corrected chi connectivity index (χ2v) is 8.23. The van der Waals surface area contributed by atoms with E-state index in [-0.39, 0.29) is 0 Å². The van der Waals surface area contributed by atoms with Crippen molar-refractivity contribution in [2.24, 2.45) is 5.41 Å². The molecule has 1 aliphatic carbocycles. The number of hydrogen-bond acceptors (Lipinski definition) is 2. The molecule has 0 saturated heterocycles. The smallest absolute Gasteiger partial charge is 0.0415 e. The lowest BCUT2D eigenvalue weighted by Crippen LogP contribution is -2.23. The Morgan fingerprint density at radius 3 is 2.74 bits per heavy atom. The molecule has 0 aromatic carbocycles. The highest BCUT2D eigenvalue weighted by molar-refractivity contribution is 7.12. The van der Waals surface area contributed by atoms with Gasteiger partial charge in [0.15, 0.2) is 0 Å². The molecule has 0 amide bonds. The van der Waals surface area contributed by atoms with E-state index in [0.717, 1.165) is 6.54 Å². The molecule has 1 aromatic rings. The van der Waals surface area contributed by atoms with Crippen molar-refractivity contribution in [1.29, 1.82) is 0 Å². The molecule has 0 radical (unpaired) electrons. The van der Waals surface area contributed by atoms with E-state index in [1.54, 1.807) is 15.3 Å². The lowest BCUT2D eigenvalue weighted by atomic mass is 9.88. The highest BCUT2D eigenvalue weighted by Crippen LogP contribution is 2.36. The Morgan fingerprint density at radius 1 is 1.32 bits per heavy atom. The second kappa shape index (κ2) is 6.41. The molecule has 0 bridgehead atoms. The Balaban J connectivity index is 2.03. The van der Waals surface area contributed by atoms with Crippen molar-refractivity contribution in [3.63, 3.8) is 0 Å². The van der Waals surface area contributed by atoms with Crippen LogP contribution < -0.4 is 5.32 Å². The van der Waals surface area contributed by atoms with Gasteiger partial charge in [0.1, 0.15) is 0 Å². The zero-order valence-electron chi connectivity index (χ0n) is 13.0. The monoisotopic (exact) mass is 279 g/mol. The average molecular weight is 279 g/mol. The number of rotatable bonds is 6. The Kier molecular flexibility index (Phi) is 5.08. The van der Waals surface area contributed by atoms with Crippen LogP contribution in [0.3, 0.4) is 0 Å². The molecule has 1 N–H and O–H groups in total. The summed E-state index contributed by atoms with van der Waals surface area (Å²) in [6.07, 6.45) is 7.78. The van der Waals surface area contributed by atoms with Crippen LogP contribution in [-0.2, 0) is 12.8 Å². The average Bonchev–Trinajstić information content (AvgIpc) is 2.88. The quantitative estimate of drug-likeness (QED) is 0.763. The molecule has 1 aromatic heterocycles. The van der Waals surface area contributed by atoms with Crippen LogP contribution in [0.15, 0.2) is 6.07 Å². The van der Waals surface area contributed by atoms with Gasteiger partial charge in [0.25, 0.3) is 0 Å². The summed E-state index contributed by atoms with van der Waals surface area (Å²) in [6.45, 7) is 10.4. The van der Waals surface area contributed by atoms with E-state index in [4.69, 9.17) is 0 Å². The van der Waals surface area contributed by atoms with Gasteiger partial charge < -0.3 is 5.32 Å². The van der Waals surface area contributed by atoms with Crippen LogP contribution in [0.1, 0.15) is 74.7 Å². The summed E-state index contributed by atoms with van der Waals surface area (Å²) in [5.74, 6) is 0. The van der Waals surface area contributed by atoms with E-state index in [1.165, 1.54) is 38.5 Å². The van der Waals surface area contributed by atoms with Gasteiger partial charge in [0, 0.05) is 15.8 Å². The molecule has 1 unspecified atom stereocenters. The predicted octanol–water partition coefficient (Wildman–Crippen LogP) is 5.10. The van der Waals surface area contributed by atoms with Crippen molar-refractivity contribution in [3.8, 4) is 0 Å². The fourth-order valence-electron chi connectivity index (χ4n) is 2.76. The summed E-state index contributed by atoms with van der Waals surface area (Å²) in [6, 6.07) is 3.07. The van der Waals surface area contributed by atoms with E-state index in [2.05, 4.69) is 50.4 Å². The molecule has 108 valence electrons. The van der Waals surface area contributed by atoms with Gasteiger partial charge in [0.2, 0.25) is 0 Å². The summed E-state index contributed by atoms with van der Waals surface area (Å²) < 4.78 is 0. The molecule has 1 nitrogen and oxygen atoms in total. The van der Waals surface area contributed by atoms with Crippen LogP contribution in [0, 0.1) is 5.41 Å². The van der Waals surface area contributed by atoms with Gasteiger partial charge in [-0.3, -0.25) is 0 Å². The van der Waals surface area contributed by atoms with E-state index >= 15 is 0 Å². The maximum Gasteiger partial charge on any atom is 0.0415 e. The van der Waals surface area contributed by atoms with Crippen LogP contribution in [0.5, 0.6) is 0 Å². The van der Waals surface area contributed by atoms with Crippen LogP contribution in [0.2, 0.25) is 0 Å². The Morgan fingerprint density at radius 2 is 2.11 bits per heavy atom. The molecule has 0 spiro atoms. The maximum atomic E-state index is 3.76. The van der Waals surface area contributed by atoms with E-state index in [9.17, 15) is 0 Å². The number of nitrogens with one attached hydrogen (secondary N) is 1. The lowest BCUT2D eigenvalue weighted by molar-refractivity contribution is 0.333. The van der Waals surface area contributed by atoms with E-state index < -0.39 is 0 Å². The Hall–Kier alpha value is -0.340. The molecule has 0 aliphatic heterocycles. The number of fused-ring (bicyclic) bond motifs is 1. The molecule has 2 heteroatoms. The molecular formula is C17H29NS. The summed E-state index contributed by atoms with van der Waals surface area (Å²) >= 11 is 2.07. The molecule has 1 aliphatic rings. The molecule has 1 heterocycles. The lowest BCUT2D eigenvalue weighted by Gasteiger charge is -2.23. The predicted molar refractivity (Wildman–Crippen MR) is 86.1 cm³/mol. The third kappa shape index (κ3) is 4.32. The molecular weight excluding hydrogens is 250 g/mol.